The fourth-order valence-electron chi connectivity index (χ4n) is 2.49. The third-order valence-electron chi connectivity index (χ3n) is 3.58. The number of allylic oxidation sites excluding steroid dienone is 1. The summed E-state index contributed by atoms with van der Waals surface area (Å²) in [6.07, 6.45) is 7.88. The van der Waals surface area contributed by atoms with Crippen molar-refractivity contribution in [1.82, 2.24) is 0 Å². The number of hydrogen-bond acceptors (Lipinski definition) is 2. The van der Waals surface area contributed by atoms with Gasteiger partial charge in [0.25, 0.3) is 0 Å². The van der Waals surface area contributed by atoms with Crippen molar-refractivity contribution in [3.63, 3.8) is 0 Å². The van der Waals surface area contributed by atoms with Gasteiger partial charge in [0.1, 0.15) is 11.3 Å². The molecule has 0 aliphatic carbocycles. The molecule has 0 fully saturated rings. The second kappa shape index (κ2) is 7.09. The molecule has 1 aromatic heterocycles. The molecule has 1 aromatic carbocycles. The van der Waals surface area contributed by atoms with Crippen LogP contribution in [-0.2, 0) is 12.8 Å². The van der Waals surface area contributed by atoms with Crippen LogP contribution in [0, 0.1) is 0 Å². The molecule has 0 spiro atoms. The molecule has 0 aliphatic rings. The summed E-state index contributed by atoms with van der Waals surface area (Å²) in [4.78, 5) is 12.5. The Balaban J connectivity index is 2.37. The molecule has 0 N–H and O–H groups in total. The highest BCUT2D eigenvalue weighted by molar-refractivity contribution is 5.77. The van der Waals surface area contributed by atoms with Gasteiger partial charge in [0.05, 0.1) is 5.39 Å². The Morgan fingerprint density at radius 3 is 2.75 bits per heavy atom. The lowest BCUT2D eigenvalue weighted by atomic mass is 10.0. The SMILES string of the molecule is C=CCc1c(CCCCCC)oc2ccccc2c1=O. The van der Waals surface area contributed by atoms with E-state index >= 15 is 0 Å². The van der Waals surface area contributed by atoms with Crippen LogP contribution in [0.25, 0.3) is 11.0 Å². The zero-order valence-electron chi connectivity index (χ0n) is 12.2. The summed E-state index contributed by atoms with van der Waals surface area (Å²) in [5.74, 6) is 0.838. The van der Waals surface area contributed by atoms with Gasteiger partial charge in [0.2, 0.25) is 0 Å². The first kappa shape index (κ1) is 14.6. The Morgan fingerprint density at radius 2 is 2.00 bits per heavy atom. The molecule has 106 valence electrons. The van der Waals surface area contributed by atoms with Crippen molar-refractivity contribution in [2.75, 3.05) is 0 Å². The molecule has 0 unspecified atom stereocenters. The van der Waals surface area contributed by atoms with E-state index in [0.29, 0.717) is 17.4 Å². The molecule has 0 atom stereocenters. The van der Waals surface area contributed by atoms with E-state index in [1.54, 1.807) is 6.08 Å². The van der Waals surface area contributed by atoms with Gasteiger partial charge in [0.15, 0.2) is 5.43 Å². The fraction of sp³-hybridized carbons (Fsp3) is 0.389. The van der Waals surface area contributed by atoms with E-state index in [2.05, 4.69) is 13.5 Å². The standard InChI is InChI=1S/C18H22O2/c1-3-5-6-7-12-16-14(10-4-2)18(19)15-11-8-9-13-17(15)20-16/h4,8-9,11,13H,2-3,5-7,10,12H2,1H3. The molecule has 0 amide bonds. The van der Waals surface area contributed by atoms with Crippen molar-refractivity contribution in [2.24, 2.45) is 0 Å². The molecule has 0 aliphatic heterocycles. The summed E-state index contributed by atoms with van der Waals surface area (Å²) in [7, 11) is 0. The summed E-state index contributed by atoms with van der Waals surface area (Å²) < 4.78 is 5.96. The zero-order valence-corrected chi connectivity index (χ0v) is 12.2. The van der Waals surface area contributed by atoms with Gasteiger partial charge in [-0.25, -0.2) is 0 Å². The predicted octanol–water partition coefficient (Wildman–Crippen LogP) is 4.64. The lowest BCUT2D eigenvalue weighted by Gasteiger charge is -2.08. The minimum absolute atomic E-state index is 0.0947. The van der Waals surface area contributed by atoms with E-state index in [1.165, 1.54) is 19.3 Å². The smallest absolute Gasteiger partial charge is 0.196 e. The first-order valence-electron chi connectivity index (χ1n) is 7.42. The summed E-state index contributed by atoms with van der Waals surface area (Å²) in [6, 6.07) is 7.47. The molecule has 0 saturated carbocycles. The van der Waals surface area contributed by atoms with Crippen LogP contribution in [0.1, 0.15) is 43.9 Å². The Kier molecular flexibility index (Phi) is 5.16. The number of aryl methyl sites for hydroxylation is 1. The molecule has 0 radical (unpaired) electrons. The van der Waals surface area contributed by atoms with Gasteiger partial charge in [-0.15, -0.1) is 6.58 Å². The number of fused-ring (bicyclic) bond motifs is 1. The van der Waals surface area contributed by atoms with Gasteiger partial charge in [-0.3, -0.25) is 4.79 Å². The highest BCUT2D eigenvalue weighted by Gasteiger charge is 2.12. The van der Waals surface area contributed by atoms with Crippen LogP contribution in [-0.4, -0.2) is 0 Å². The minimum Gasteiger partial charge on any atom is -0.461 e. The molecule has 0 saturated heterocycles. The number of para-hydroxylation sites is 1. The van der Waals surface area contributed by atoms with E-state index < -0.39 is 0 Å². The molecule has 2 heteroatoms. The second-order valence-corrected chi connectivity index (χ2v) is 5.13. The maximum atomic E-state index is 12.5. The summed E-state index contributed by atoms with van der Waals surface area (Å²) in [6.45, 7) is 5.94. The molecule has 20 heavy (non-hydrogen) atoms. The Bertz CT molecular complexity index is 637. The van der Waals surface area contributed by atoms with E-state index in [4.69, 9.17) is 4.42 Å². The first-order chi connectivity index (χ1) is 9.77. The van der Waals surface area contributed by atoms with Crippen molar-refractivity contribution >= 4 is 11.0 Å². The maximum Gasteiger partial charge on any atom is 0.196 e. The minimum atomic E-state index is 0.0947. The Labute approximate surface area is 120 Å². The normalized spacial score (nSPS) is 10.8. The third-order valence-corrected chi connectivity index (χ3v) is 3.58. The van der Waals surface area contributed by atoms with E-state index in [-0.39, 0.29) is 5.43 Å². The van der Waals surface area contributed by atoms with Crippen LogP contribution >= 0.6 is 0 Å². The second-order valence-electron chi connectivity index (χ2n) is 5.13. The lowest BCUT2D eigenvalue weighted by molar-refractivity contribution is 0.508. The predicted molar refractivity (Wildman–Crippen MR) is 84.2 cm³/mol. The highest BCUT2D eigenvalue weighted by atomic mass is 16.3. The van der Waals surface area contributed by atoms with Gasteiger partial charge in [0, 0.05) is 12.0 Å². The summed E-state index contributed by atoms with van der Waals surface area (Å²) in [5.41, 5.74) is 1.56. The fourth-order valence-corrected chi connectivity index (χ4v) is 2.49. The average molecular weight is 270 g/mol. The van der Waals surface area contributed by atoms with Crippen molar-refractivity contribution in [1.29, 1.82) is 0 Å². The van der Waals surface area contributed by atoms with E-state index in [1.807, 2.05) is 24.3 Å². The van der Waals surface area contributed by atoms with E-state index in [0.717, 1.165) is 24.2 Å². The molecule has 2 rings (SSSR count). The maximum absolute atomic E-state index is 12.5. The molecular weight excluding hydrogens is 248 g/mol. The van der Waals surface area contributed by atoms with Crippen molar-refractivity contribution in [3.8, 4) is 0 Å². The van der Waals surface area contributed by atoms with Gasteiger partial charge < -0.3 is 4.42 Å². The van der Waals surface area contributed by atoms with Crippen molar-refractivity contribution in [3.05, 3.63) is 58.5 Å². The van der Waals surface area contributed by atoms with Crippen LogP contribution in [0.4, 0.5) is 0 Å². The van der Waals surface area contributed by atoms with Crippen LogP contribution in [0.5, 0.6) is 0 Å². The largest absolute Gasteiger partial charge is 0.461 e. The van der Waals surface area contributed by atoms with Gasteiger partial charge in [-0.05, 0) is 25.0 Å². The highest BCUT2D eigenvalue weighted by Crippen LogP contribution is 2.18. The van der Waals surface area contributed by atoms with Gasteiger partial charge in [-0.2, -0.15) is 0 Å². The van der Waals surface area contributed by atoms with E-state index in [9.17, 15) is 4.79 Å². The quantitative estimate of drug-likeness (QED) is 0.541. The zero-order chi connectivity index (χ0) is 14.4. The topological polar surface area (TPSA) is 30.2 Å². The molecule has 2 nitrogen and oxygen atoms in total. The summed E-state index contributed by atoms with van der Waals surface area (Å²) >= 11 is 0. The van der Waals surface area contributed by atoms with Crippen LogP contribution in [0.2, 0.25) is 0 Å². The average Bonchev–Trinajstić information content (AvgIpc) is 2.47. The van der Waals surface area contributed by atoms with Crippen LogP contribution in [0.3, 0.4) is 0 Å². The van der Waals surface area contributed by atoms with Crippen LogP contribution < -0.4 is 5.43 Å². The third kappa shape index (κ3) is 3.19. The molecule has 0 bridgehead atoms. The first-order valence-corrected chi connectivity index (χ1v) is 7.42. The van der Waals surface area contributed by atoms with Crippen molar-refractivity contribution in [2.45, 2.75) is 45.4 Å². The molecule has 1 heterocycles. The monoisotopic (exact) mass is 270 g/mol. The van der Waals surface area contributed by atoms with Crippen LogP contribution in [0.15, 0.2) is 46.1 Å². The van der Waals surface area contributed by atoms with Crippen molar-refractivity contribution < 1.29 is 4.42 Å². The Morgan fingerprint density at radius 1 is 1.20 bits per heavy atom. The van der Waals surface area contributed by atoms with Gasteiger partial charge in [-0.1, -0.05) is 44.4 Å². The number of hydrogen-bond donors (Lipinski definition) is 0. The molecular formula is C18H22O2. The number of benzene rings is 1. The molecule has 2 aromatic rings. The number of rotatable bonds is 7. The van der Waals surface area contributed by atoms with Gasteiger partial charge >= 0.3 is 0 Å². The lowest BCUT2D eigenvalue weighted by Crippen LogP contribution is -2.12. The number of unbranched alkanes of at least 4 members (excludes halogenated alkanes) is 3. The Hall–Kier alpha value is -1.83. The summed E-state index contributed by atoms with van der Waals surface area (Å²) in [5, 5.41) is 0.668.